The van der Waals surface area contributed by atoms with Gasteiger partial charge in [-0.3, -0.25) is 4.79 Å². The molecule has 0 amide bonds. The summed E-state index contributed by atoms with van der Waals surface area (Å²) in [4.78, 5) is 12.0. The molecule has 0 N–H and O–H groups in total. The molecule has 0 fully saturated rings. The maximum absolute atomic E-state index is 13.6. The Kier molecular flexibility index (Phi) is 4.47. The van der Waals surface area contributed by atoms with Crippen LogP contribution in [0.2, 0.25) is 0 Å². The second-order valence-electron chi connectivity index (χ2n) is 4.54. The fourth-order valence-corrected chi connectivity index (χ4v) is 2.55. The zero-order chi connectivity index (χ0) is 16.2. The average molecular weight is 332 g/mol. The number of aromatic nitrogens is 2. The highest BCUT2D eigenvalue weighted by atomic mass is 32.2. The number of halogens is 2. The maximum atomic E-state index is 13.6. The smallest absolute Gasteiger partial charge is 0.277 e. The van der Waals surface area contributed by atoms with Gasteiger partial charge >= 0.3 is 0 Å². The topological polar surface area (TPSA) is 56.0 Å². The largest absolute Gasteiger partial charge is 0.411 e. The molecule has 0 radical (unpaired) electrons. The Morgan fingerprint density at radius 1 is 1.00 bits per heavy atom. The van der Waals surface area contributed by atoms with E-state index in [1.54, 1.807) is 18.2 Å². The fraction of sp³-hybridized carbons (Fsp3) is 0.0625. The number of benzene rings is 2. The number of rotatable bonds is 5. The van der Waals surface area contributed by atoms with E-state index in [1.807, 2.05) is 0 Å². The molecule has 116 valence electrons. The van der Waals surface area contributed by atoms with Crippen LogP contribution in [-0.2, 0) is 0 Å². The van der Waals surface area contributed by atoms with Crippen molar-refractivity contribution >= 4 is 17.5 Å². The fourth-order valence-electron chi connectivity index (χ4n) is 1.90. The number of thioether (sulfide) groups is 1. The number of hydrogen-bond donors (Lipinski definition) is 0. The van der Waals surface area contributed by atoms with Crippen molar-refractivity contribution in [1.82, 2.24) is 10.2 Å². The first-order valence-corrected chi connectivity index (χ1v) is 7.62. The van der Waals surface area contributed by atoms with Gasteiger partial charge in [0.25, 0.3) is 11.1 Å². The number of ketones is 1. The zero-order valence-corrected chi connectivity index (χ0v) is 12.5. The van der Waals surface area contributed by atoms with E-state index in [0.29, 0.717) is 0 Å². The lowest BCUT2D eigenvalue weighted by atomic mass is 10.1. The van der Waals surface area contributed by atoms with Crippen LogP contribution in [0.3, 0.4) is 0 Å². The van der Waals surface area contributed by atoms with Gasteiger partial charge in [-0.2, -0.15) is 0 Å². The number of Topliss-reactive ketones (excluding diaryl/α,β-unsaturated/α-hetero) is 1. The summed E-state index contributed by atoms with van der Waals surface area (Å²) >= 11 is 0.974. The second-order valence-corrected chi connectivity index (χ2v) is 5.47. The van der Waals surface area contributed by atoms with Crippen molar-refractivity contribution in [2.24, 2.45) is 0 Å². The molecule has 0 saturated heterocycles. The van der Waals surface area contributed by atoms with Gasteiger partial charge in [0.05, 0.1) is 16.9 Å². The van der Waals surface area contributed by atoms with Crippen LogP contribution >= 0.6 is 11.8 Å². The highest BCUT2D eigenvalue weighted by molar-refractivity contribution is 7.99. The van der Waals surface area contributed by atoms with Crippen LogP contribution in [0.1, 0.15) is 10.4 Å². The Morgan fingerprint density at radius 2 is 1.70 bits per heavy atom. The lowest BCUT2D eigenvalue weighted by Crippen LogP contribution is -2.04. The van der Waals surface area contributed by atoms with Gasteiger partial charge in [-0.1, -0.05) is 36.0 Å². The van der Waals surface area contributed by atoms with E-state index in [2.05, 4.69) is 10.2 Å². The van der Waals surface area contributed by atoms with E-state index in [4.69, 9.17) is 4.42 Å². The molecule has 0 bridgehead atoms. The summed E-state index contributed by atoms with van der Waals surface area (Å²) in [6, 6.07) is 11.7. The average Bonchev–Trinajstić information content (AvgIpc) is 3.02. The molecule has 1 aromatic heterocycles. The Balaban J connectivity index is 1.70. The quantitative estimate of drug-likeness (QED) is 0.522. The van der Waals surface area contributed by atoms with Crippen LogP contribution < -0.4 is 0 Å². The molecule has 3 rings (SSSR count). The molecule has 7 heteroatoms. The van der Waals surface area contributed by atoms with E-state index in [9.17, 15) is 13.6 Å². The number of hydrogen-bond acceptors (Lipinski definition) is 5. The monoisotopic (exact) mass is 332 g/mol. The molecule has 23 heavy (non-hydrogen) atoms. The van der Waals surface area contributed by atoms with Crippen molar-refractivity contribution in [3.63, 3.8) is 0 Å². The van der Waals surface area contributed by atoms with Gasteiger partial charge in [-0.25, -0.2) is 8.78 Å². The summed E-state index contributed by atoms with van der Waals surface area (Å²) in [6.07, 6.45) is 0. The van der Waals surface area contributed by atoms with Crippen LogP contribution in [0.15, 0.2) is 58.2 Å². The van der Waals surface area contributed by atoms with Gasteiger partial charge in [0, 0.05) is 0 Å². The Labute approximate surface area is 134 Å². The summed E-state index contributed by atoms with van der Waals surface area (Å²) in [7, 11) is 0. The Bertz CT molecular complexity index is 851. The third-order valence-corrected chi connectivity index (χ3v) is 3.83. The minimum absolute atomic E-state index is 0.00819. The zero-order valence-electron chi connectivity index (χ0n) is 11.7. The Hall–Kier alpha value is -2.54. The molecule has 3 aromatic rings. The third-order valence-electron chi connectivity index (χ3n) is 3.01. The summed E-state index contributed by atoms with van der Waals surface area (Å²) < 4.78 is 32.5. The molecular formula is C16H10F2N2O2S. The molecule has 0 spiro atoms. The summed E-state index contributed by atoms with van der Waals surface area (Å²) in [5.41, 5.74) is 0.195. The van der Waals surface area contributed by atoms with Crippen molar-refractivity contribution in [3.8, 4) is 11.5 Å². The Morgan fingerprint density at radius 3 is 2.43 bits per heavy atom. The number of carbonyl (C=O) groups is 1. The summed E-state index contributed by atoms with van der Waals surface area (Å²) in [5.74, 6) is -1.46. The molecule has 0 aliphatic carbocycles. The standard InChI is InChI=1S/C16H10F2N2O2S/c17-12-7-3-1-5-10(12)14(21)9-23-16-20-19-15(22-16)11-6-2-4-8-13(11)18/h1-8H,9H2. The molecule has 4 nitrogen and oxygen atoms in total. The van der Waals surface area contributed by atoms with E-state index in [-0.39, 0.29) is 28.0 Å². The number of carbonyl (C=O) groups excluding carboxylic acids is 1. The predicted octanol–water partition coefficient (Wildman–Crippen LogP) is 3.99. The second kappa shape index (κ2) is 6.70. The van der Waals surface area contributed by atoms with Crippen molar-refractivity contribution < 1.29 is 18.0 Å². The van der Waals surface area contributed by atoms with Gasteiger partial charge in [0.1, 0.15) is 11.6 Å². The molecule has 1 heterocycles. The molecular weight excluding hydrogens is 322 g/mol. The van der Waals surface area contributed by atoms with Crippen LogP contribution in [0.25, 0.3) is 11.5 Å². The van der Waals surface area contributed by atoms with Crippen LogP contribution in [-0.4, -0.2) is 21.7 Å². The van der Waals surface area contributed by atoms with E-state index < -0.39 is 17.4 Å². The lowest BCUT2D eigenvalue weighted by Gasteiger charge is -2.00. The first-order chi connectivity index (χ1) is 11.1. The normalized spacial score (nSPS) is 10.7. The van der Waals surface area contributed by atoms with Crippen molar-refractivity contribution in [3.05, 3.63) is 65.7 Å². The molecule has 2 aromatic carbocycles. The van der Waals surface area contributed by atoms with Crippen molar-refractivity contribution in [2.45, 2.75) is 5.22 Å². The van der Waals surface area contributed by atoms with Gasteiger partial charge in [-0.05, 0) is 24.3 Å². The van der Waals surface area contributed by atoms with Crippen LogP contribution in [0.4, 0.5) is 8.78 Å². The van der Waals surface area contributed by atoms with E-state index >= 15 is 0 Å². The number of nitrogens with zero attached hydrogens (tertiary/aromatic N) is 2. The first-order valence-electron chi connectivity index (χ1n) is 6.64. The van der Waals surface area contributed by atoms with Gasteiger partial charge in [0.15, 0.2) is 5.78 Å². The van der Waals surface area contributed by atoms with Crippen molar-refractivity contribution in [2.75, 3.05) is 5.75 Å². The van der Waals surface area contributed by atoms with Crippen LogP contribution in [0, 0.1) is 11.6 Å². The SMILES string of the molecule is O=C(CSc1nnc(-c2ccccc2F)o1)c1ccccc1F. The molecule has 0 aliphatic rings. The molecule has 0 saturated carbocycles. The molecule has 0 aliphatic heterocycles. The third kappa shape index (κ3) is 3.45. The van der Waals surface area contributed by atoms with E-state index in [1.165, 1.54) is 30.3 Å². The highest BCUT2D eigenvalue weighted by Crippen LogP contribution is 2.25. The molecule has 0 atom stereocenters. The van der Waals surface area contributed by atoms with Gasteiger partial charge < -0.3 is 4.42 Å². The van der Waals surface area contributed by atoms with Crippen molar-refractivity contribution in [1.29, 1.82) is 0 Å². The maximum Gasteiger partial charge on any atom is 0.277 e. The lowest BCUT2D eigenvalue weighted by molar-refractivity contribution is 0.101. The summed E-state index contributed by atoms with van der Waals surface area (Å²) in [6.45, 7) is 0. The molecule has 0 unspecified atom stereocenters. The van der Waals surface area contributed by atoms with Gasteiger partial charge in [-0.15, -0.1) is 10.2 Å². The predicted molar refractivity (Wildman–Crippen MR) is 81.1 cm³/mol. The first kappa shape index (κ1) is 15.4. The van der Waals surface area contributed by atoms with E-state index in [0.717, 1.165) is 11.8 Å². The van der Waals surface area contributed by atoms with Crippen LogP contribution in [0.5, 0.6) is 0 Å². The highest BCUT2D eigenvalue weighted by Gasteiger charge is 2.16. The summed E-state index contributed by atoms with van der Waals surface area (Å²) in [5, 5.41) is 7.63. The minimum Gasteiger partial charge on any atom is -0.411 e. The minimum atomic E-state index is -0.573. The van der Waals surface area contributed by atoms with Gasteiger partial charge in [0.2, 0.25) is 0 Å².